The highest BCUT2D eigenvalue weighted by Gasteiger charge is 2.38. The minimum Gasteiger partial charge on any atom is -0.475 e. The van der Waals surface area contributed by atoms with Crippen LogP contribution >= 0.6 is 0 Å². The van der Waals surface area contributed by atoms with Gasteiger partial charge < -0.3 is 10.8 Å². The van der Waals surface area contributed by atoms with Gasteiger partial charge in [0.05, 0.1) is 0 Å². The van der Waals surface area contributed by atoms with Crippen LogP contribution in [0.15, 0.2) is 24.3 Å². The lowest BCUT2D eigenvalue weighted by Crippen LogP contribution is -2.34. The van der Waals surface area contributed by atoms with Crippen LogP contribution in [0.3, 0.4) is 0 Å². The van der Waals surface area contributed by atoms with Crippen LogP contribution in [0.4, 0.5) is 13.2 Å². The number of nitrogens with zero attached hydrogens (tertiary/aromatic N) is 1. The molecule has 2 aliphatic rings. The lowest BCUT2D eigenvalue weighted by atomic mass is 9.98. The van der Waals surface area contributed by atoms with Crippen molar-refractivity contribution in [3.63, 3.8) is 0 Å². The van der Waals surface area contributed by atoms with E-state index in [1.54, 1.807) is 5.56 Å². The minimum atomic E-state index is -5.08. The average Bonchev–Trinajstić information content (AvgIpc) is 2.92. The normalized spacial score (nSPS) is 24.0. The molecule has 2 atom stereocenters. The van der Waals surface area contributed by atoms with Crippen molar-refractivity contribution < 1.29 is 23.1 Å². The molecule has 0 unspecified atom stereocenters. The Bertz CT molecular complexity index is 563. The van der Waals surface area contributed by atoms with Crippen molar-refractivity contribution in [1.82, 2.24) is 4.90 Å². The second-order valence-corrected chi connectivity index (χ2v) is 6.50. The van der Waals surface area contributed by atoms with Crippen molar-refractivity contribution in [1.29, 1.82) is 0 Å². The molecule has 0 bridgehead atoms. The zero-order valence-electron chi connectivity index (χ0n) is 13.4. The van der Waals surface area contributed by atoms with Crippen LogP contribution in [-0.4, -0.2) is 41.3 Å². The van der Waals surface area contributed by atoms with Gasteiger partial charge in [0.25, 0.3) is 0 Å². The molecule has 7 heteroatoms. The first-order valence-electron chi connectivity index (χ1n) is 8.10. The SMILES string of the molecule is N[C@@H]1CC[C@H](CN2CCc3ccccc3C2)C1.O=C(O)C(F)(F)F. The largest absolute Gasteiger partial charge is 0.490 e. The van der Waals surface area contributed by atoms with Gasteiger partial charge in [-0.25, -0.2) is 4.79 Å². The van der Waals surface area contributed by atoms with Gasteiger partial charge in [0.2, 0.25) is 0 Å². The maximum atomic E-state index is 10.6. The molecule has 1 saturated carbocycles. The number of hydrogen-bond donors (Lipinski definition) is 2. The molecule has 1 heterocycles. The van der Waals surface area contributed by atoms with E-state index < -0.39 is 12.1 Å². The van der Waals surface area contributed by atoms with E-state index in [0.29, 0.717) is 6.04 Å². The quantitative estimate of drug-likeness (QED) is 0.866. The zero-order valence-corrected chi connectivity index (χ0v) is 13.4. The van der Waals surface area contributed by atoms with Crippen molar-refractivity contribution >= 4 is 5.97 Å². The van der Waals surface area contributed by atoms with Gasteiger partial charge in [-0.3, -0.25) is 4.90 Å². The van der Waals surface area contributed by atoms with E-state index in [1.165, 1.54) is 44.3 Å². The Morgan fingerprint density at radius 3 is 2.42 bits per heavy atom. The van der Waals surface area contributed by atoms with Crippen LogP contribution in [-0.2, 0) is 17.8 Å². The second kappa shape index (κ2) is 7.98. The van der Waals surface area contributed by atoms with Gasteiger partial charge in [-0.2, -0.15) is 13.2 Å². The highest BCUT2D eigenvalue weighted by atomic mass is 19.4. The standard InChI is InChI=1S/C15H22N2.C2HF3O2/c16-15-6-5-12(9-15)10-17-8-7-13-3-1-2-4-14(13)11-17;3-2(4,5)1(6)7/h1-4,12,15H,5-11,16H2;(H,6,7)/t12-,15+;/m0./s1. The number of rotatable bonds is 2. The zero-order chi connectivity index (χ0) is 17.7. The van der Waals surface area contributed by atoms with Gasteiger partial charge in [0.1, 0.15) is 0 Å². The molecule has 3 rings (SSSR count). The van der Waals surface area contributed by atoms with Crippen molar-refractivity contribution in [2.45, 2.75) is 44.4 Å². The Labute approximate surface area is 139 Å². The predicted molar refractivity (Wildman–Crippen MR) is 84.4 cm³/mol. The third-order valence-corrected chi connectivity index (χ3v) is 4.55. The summed E-state index contributed by atoms with van der Waals surface area (Å²) in [6, 6.07) is 9.34. The van der Waals surface area contributed by atoms with E-state index in [9.17, 15) is 13.2 Å². The van der Waals surface area contributed by atoms with Crippen molar-refractivity contribution in [2.24, 2.45) is 11.7 Å². The number of nitrogens with two attached hydrogens (primary N) is 1. The Balaban J connectivity index is 0.000000256. The summed E-state index contributed by atoms with van der Waals surface area (Å²) in [7, 11) is 0. The first-order chi connectivity index (χ1) is 11.3. The lowest BCUT2D eigenvalue weighted by molar-refractivity contribution is -0.192. The first-order valence-corrected chi connectivity index (χ1v) is 8.10. The number of aliphatic carboxylic acids is 1. The van der Waals surface area contributed by atoms with Crippen molar-refractivity contribution in [3.8, 4) is 0 Å². The fourth-order valence-electron chi connectivity index (χ4n) is 3.35. The Hall–Kier alpha value is -1.60. The molecule has 1 fully saturated rings. The number of hydrogen-bond acceptors (Lipinski definition) is 3. The molecule has 1 aromatic carbocycles. The van der Waals surface area contributed by atoms with Gasteiger partial charge in [0, 0.05) is 25.7 Å². The highest BCUT2D eigenvalue weighted by Crippen LogP contribution is 2.27. The van der Waals surface area contributed by atoms with Crippen LogP contribution < -0.4 is 5.73 Å². The smallest absolute Gasteiger partial charge is 0.475 e. The van der Waals surface area contributed by atoms with Gasteiger partial charge in [-0.05, 0) is 42.7 Å². The average molecular weight is 344 g/mol. The molecule has 0 saturated heterocycles. The molecule has 0 aromatic heterocycles. The number of fused-ring (bicyclic) bond motifs is 1. The number of carboxylic acids is 1. The second-order valence-electron chi connectivity index (χ2n) is 6.50. The summed E-state index contributed by atoms with van der Waals surface area (Å²) >= 11 is 0. The fraction of sp³-hybridized carbons (Fsp3) is 0.588. The number of benzene rings is 1. The highest BCUT2D eigenvalue weighted by molar-refractivity contribution is 5.73. The van der Waals surface area contributed by atoms with Crippen molar-refractivity contribution in [2.75, 3.05) is 13.1 Å². The van der Waals surface area contributed by atoms with Gasteiger partial charge in [0.15, 0.2) is 0 Å². The lowest BCUT2D eigenvalue weighted by Gasteiger charge is -2.30. The molecule has 4 nitrogen and oxygen atoms in total. The van der Waals surface area contributed by atoms with E-state index in [0.717, 1.165) is 12.5 Å². The molecule has 24 heavy (non-hydrogen) atoms. The number of halogens is 3. The van der Waals surface area contributed by atoms with Crippen LogP contribution in [0.1, 0.15) is 30.4 Å². The molecule has 1 aliphatic heterocycles. The van der Waals surface area contributed by atoms with Crippen LogP contribution in [0.25, 0.3) is 0 Å². The Morgan fingerprint density at radius 1 is 1.25 bits per heavy atom. The minimum absolute atomic E-state index is 0.470. The summed E-state index contributed by atoms with van der Waals surface area (Å²) in [5, 5.41) is 7.12. The maximum absolute atomic E-state index is 10.6. The van der Waals surface area contributed by atoms with Gasteiger partial charge in [-0.15, -0.1) is 0 Å². The number of alkyl halides is 3. The van der Waals surface area contributed by atoms with E-state index in [-0.39, 0.29) is 0 Å². The monoisotopic (exact) mass is 344 g/mol. The molecule has 1 aromatic rings. The maximum Gasteiger partial charge on any atom is 0.490 e. The fourth-order valence-corrected chi connectivity index (χ4v) is 3.35. The molecule has 0 amide bonds. The van der Waals surface area contributed by atoms with E-state index >= 15 is 0 Å². The van der Waals surface area contributed by atoms with Crippen molar-refractivity contribution in [3.05, 3.63) is 35.4 Å². The molecule has 134 valence electrons. The Kier molecular flexibility index (Phi) is 6.23. The molecule has 1 aliphatic carbocycles. The summed E-state index contributed by atoms with van der Waals surface area (Å²) in [6.07, 6.45) is -0.0680. The summed E-state index contributed by atoms with van der Waals surface area (Å²) in [5.74, 6) is -1.91. The van der Waals surface area contributed by atoms with Crippen LogP contribution in [0.5, 0.6) is 0 Å². The molecular weight excluding hydrogens is 321 g/mol. The predicted octanol–water partition coefficient (Wildman–Crippen LogP) is 2.81. The summed E-state index contributed by atoms with van der Waals surface area (Å²) in [6.45, 7) is 3.62. The van der Waals surface area contributed by atoms with E-state index in [1.807, 2.05) is 0 Å². The van der Waals surface area contributed by atoms with E-state index in [4.69, 9.17) is 15.6 Å². The number of carbonyl (C=O) groups is 1. The summed E-state index contributed by atoms with van der Waals surface area (Å²) in [4.78, 5) is 11.5. The third kappa shape index (κ3) is 5.49. The van der Waals surface area contributed by atoms with Gasteiger partial charge >= 0.3 is 12.1 Å². The van der Waals surface area contributed by atoms with Gasteiger partial charge in [-0.1, -0.05) is 24.3 Å². The molecule has 3 N–H and O–H groups in total. The Morgan fingerprint density at radius 2 is 1.88 bits per heavy atom. The van der Waals surface area contributed by atoms with Crippen LogP contribution in [0.2, 0.25) is 0 Å². The molecule has 0 spiro atoms. The molecular formula is C17H23F3N2O2. The molecule has 0 radical (unpaired) electrons. The topological polar surface area (TPSA) is 66.6 Å². The number of carboxylic acid groups (broad SMARTS) is 1. The van der Waals surface area contributed by atoms with E-state index in [2.05, 4.69) is 29.2 Å². The summed E-state index contributed by atoms with van der Waals surface area (Å²) in [5.41, 5.74) is 9.07. The van der Waals surface area contributed by atoms with Crippen LogP contribution in [0, 0.1) is 5.92 Å². The summed E-state index contributed by atoms with van der Waals surface area (Å²) < 4.78 is 31.7. The third-order valence-electron chi connectivity index (χ3n) is 4.55. The first kappa shape index (κ1) is 18.7.